The standard InChI is InChI=1S/C21H21N5O4/c1-13-8-25-10-15(3-5-18(25)23-13)20(28)22-7-17(27)12-30-21(29)16-4-6-19-24-14(2)9-26(19)11-16/h3-6,8-11,17,27H,7,12H2,1-2H3,(H,22,28). The molecule has 4 rings (SSSR count). The lowest BCUT2D eigenvalue weighted by Gasteiger charge is -2.13. The van der Waals surface area contributed by atoms with Crippen LogP contribution < -0.4 is 5.32 Å². The SMILES string of the molecule is Cc1cn2cc(C(=O)NCC(O)COC(=O)c3ccc4nc(C)cn4c3)ccc2n1. The van der Waals surface area contributed by atoms with Gasteiger partial charge in [-0.25, -0.2) is 14.8 Å². The van der Waals surface area contributed by atoms with Crippen LogP contribution in [0, 0.1) is 13.8 Å². The van der Waals surface area contributed by atoms with Crippen molar-refractivity contribution in [3.63, 3.8) is 0 Å². The Morgan fingerprint density at radius 1 is 0.967 bits per heavy atom. The Morgan fingerprint density at radius 2 is 1.53 bits per heavy atom. The number of fused-ring (bicyclic) bond motifs is 2. The second kappa shape index (κ2) is 7.96. The van der Waals surface area contributed by atoms with Crippen LogP contribution in [0.1, 0.15) is 32.1 Å². The average molecular weight is 407 g/mol. The van der Waals surface area contributed by atoms with Crippen molar-refractivity contribution in [2.75, 3.05) is 13.2 Å². The van der Waals surface area contributed by atoms with Crippen molar-refractivity contribution in [1.29, 1.82) is 0 Å². The van der Waals surface area contributed by atoms with Crippen molar-refractivity contribution in [3.05, 3.63) is 71.6 Å². The van der Waals surface area contributed by atoms with E-state index in [1.54, 1.807) is 51.7 Å². The normalized spacial score (nSPS) is 12.2. The zero-order valence-electron chi connectivity index (χ0n) is 16.6. The van der Waals surface area contributed by atoms with Crippen LogP contribution in [0.15, 0.2) is 49.1 Å². The van der Waals surface area contributed by atoms with Gasteiger partial charge in [-0.2, -0.15) is 0 Å². The molecule has 0 radical (unpaired) electrons. The van der Waals surface area contributed by atoms with E-state index < -0.39 is 12.1 Å². The number of esters is 1. The number of carbonyl (C=O) groups is 2. The monoisotopic (exact) mass is 407 g/mol. The predicted octanol–water partition coefficient (Wildman–Crippen LogP) is 1.55. The van der Waals surface area contributed by atoms with Gasteiger partial charge in [0, 0.05) is 31.3 Å². The van der Waals surface area contributed by atoms with Gasteiger partial charge in [-0.15, -0.1) is 0 Å². The summed E-state index contributed by atoms with van der Waals surface area (Å²) >= 11 is 0. The van der Waals surface area contributed by atoms with E-state index >= 15 is 0 Å². The zero-order chi connectivity index (χ0) is 21.3. The second-order valence-corrected chi connectivity index (χ2v) is 7.09. The Balaban J connectivity index is 1.29. The average Bonchev–Trinajstić information content (AvgIpc) is 3.28. The summed E-state index contributed by atoms with van der Waals surface area (Å²) in [6.45, 7) is 3.45. The largest absolute Gasteiger partial charge is 0.459 e. The number of aliphatic hydroxyl groups is 1. The topological polar surface area (TPSA) is 110 Å². The van der Waals surface area contributed by atoms with E-state index in [1.165, 1.54) is 0 Å². The van der Waals surface area contributed by atoms with Gasteiger partial charge in [0.15, 0.2) is 0 Å². The summed E-state index contributed by atoms with van der Waals surface area (Å²) in [6, 6.07) is 6.75. The van der Waals surface area contributed by atoms with Gasteiger partial charge in [-0.05, 0) is 38.1 Å². The van der Waals surface area contributed by atoms with Gasteiger partial charge in [-0.3, -0.25) is 4.79 Å². The molecule has 0 aliphatic rings. The van der Waals surface area contributed by atoms with E-state index in [0.29, 0.717) is 11.1 Å². The number of carbonyl (C=O) groups excluding carboxylic acids is 2. The molecular formula is C21H21N5O4. The lowest BCUT2D eigenvalue weighted by atomic mass is 10.2. The fourth-order valence-electron chi connectivity index (χ4n) is 3.12. The number of aliphatic hydroxyl groups excluding tert-OH is 1. The smallest absolute Gasteiger partial charge is 0.339 e. The first kappa shape index (κ1) is 19.6. The Hall–Kier alpha value is -3.72. The van der Waals surface area contributed by atoms with Crippen LogP contribution in [0.4, 0.5) is 0 Å². The number of ether oxygens (including phenoxy) is 1. The van der Waals surface area contributed by atoms with Gasteiger partial charge < -0.3 is 24.0 Å². The molecular weight excluding hydrogens is 386 g/mol. The molecule has 30 heavy (non-hydrogen) atoms. The number of aromatic nitrogens is 4. The number of hydrogen-bond donors (Lipinski definition) is 2. The Morgan fingerprint density at radius 3 is 2.17 bits per heavy atom. The van der Waals surface area contributed by atoms with Crippen LogP contribution in [0.25, 0.3) is 11.3 Å². The molecule has 2 N–H and O–H groups in total. The van der Waals surface area contributed by atoms with Crippen LogP contribution in [-0.2, 0) is 4.74 Å². The lowest BCUT2D eigenvalue weighted by Crippen LogP contribution is -2.35. The molecule has 0 fully saturated rings. The summed E-state index contributed by atoms with van der Waals surface area (Å²) in [7, 11) is 0. The minimum atomic E-state index is -1.03. The van der Waals surface area contributed by atoms with Crippen LogP contribution >= 0.6 is 0 Å². The number of pyridine rings is 2. The van der Waals surface area contributed by atoms with E-state index in [2.05, 4.69) is 15.3 Å². The van der Waals surface area contributed by atoms with Crippen LogP contribution in [-0.4, -0.2) is 55.0 Å². The molecule has 0 bridgehead atoms. The number of hydrogen-bond acceptors (Lipinski definition) is 6. The highest BCUT2D eigenvalue weighted by atomic mass is 16.5. The zero-order valence-corrected chi connectivity index (χ0v) is 16.6. The van der Waals surface area contributed by atoms with Crippen molar-refractivity contribution in [1.82, 2.24) is 24.1 Å². The first-order valence-corrected chi connectivity index (χ1v) is 9.43. The summed E-state index contributed by atoms with van der Waals surface area (Å²) in [5.41, 5.74) is 3.96. The molecule has 0 aliphatic carbocycles. The van der Waals surface area contributed by atoms with Gasteiger partial charge in [0.2, 0.25) is 0 Å². The number of amides is 1. The Kier molecular flexibility index (Phi) is 5.20. The summed E-state index contributed by atoms with van der Waals surface area (Å²) in [5.74, 6) is -0.899. The van der Waals surface area contributed by atoms with Gasteiger partial charge in [0.1, 0.15) is 24.0 Å². The summed E-state index contributed by atoms with van der Waals surface area (Å²) < 4.78 is 8.66. The molecule has 4 heterocycles. The Labute approximate surface area is 171 Å². The van der Waals surface area contributed by atoms with Gasteiger partial charge in [0.25, 0.3) is 5.91 Å². The molecule has 0 saturated heterocycles. The summed E-state index contributed by atoms with van der Waals surface area (Å²) in [5, 5.41) is 12.7. The van der Waals surface area contributed by atoms with Crippen LogP contribution in [0.3, 0.4) is 0 Å². The number of imidazole rings is 2. The third kappa shape index (κ3) is 4.15. The lowest BCUT2D eigenvalue weighted by molar-refractivity contribution is 0.0259. The molecule has 4 aromatic heterocycles. The highest BCUT2D eigenvalue weighted by Gasteiger charge is 2.14. The molecule has 1 amide bonds. The molecule has 0 saturated carbocycles. The highest BCUT2D eigenvalue weighted by molar-refractivity contribution is 5.94. The number of nitrogens with one attached hydrogen (secondary N) is 1. The van der Waals surface area contributed by atoms with Crippen LogP contribution in [0.2, 0.25) is 0 Å². The van der Waals surface area contributed by atoms with Crippen molar-refractivity contribution >= 4 is 23.2 Å². The molecule has 4 aromatic rings. The van der Waals surface area contributed by atoms with Crippen molar-refractivity contribution in [3.8, 4) is 0 Å². The first-order chi connectivity index (χ1) is 14.4. The maximum atomic E-state index is 12.3. The summed E-state index contributed by atoms with van der Waals surface area (Å²) in [6.07, 6.45) is 5.89. The third-order valence-electron chi connectivity index (χ3n) is 4.55. The quantitative estimate of drug-likeness (QED) is 0.469. The van der Waals surface area contributed by atoms with E-state index in [9.17, 15) is 14.7 Å². The fourth-order valence-corrected chi connectivity index (χ4v) is 3.12. The van der Waals surface area contributed by atoms with E-state index in [1.807, 2.05) is 20.0 Å². The number of aryl methyl sites for hydroxylation is 2. The molecule has 9 heteroatoms. The maximum Gasteiger partial charge on any atom is 0.339 e. The molecule has 154 valence electrons. The molecule has 9 nitrogen and oxygen atoms in total. The van der Waals surface area contributed by atoms with E-state index in [0.717, 1.165) is 22.7 Å². The summed E-state index contributed by atoms with van der Waals surface area (Å²) in [4.78, 5) is 33.1. The minimum Gasteiger partial charge on any atom is -0.459 e. The maximum absolute atomic E-state index is 12.3. The third-order valence-corrected chi connectivity index (χ3v) is 4.55. The van der Waals surface area contributed by atoms with Crippen LogP contribution in [0.5, 0.6) is 0 Å². The molecule has 0 aliphatic heterocycles. The predicted molar refractivity (Wildman–Crippen MR) is 108 cm³/mol. The van der Waals surface area contributed by atoms with Crippen molar-refractivity contribution in [2.45, 2.75) is 20.0 Å². The van der Waals surface area contributed by atoms with E-state index in [-0.39, 0.29) is 19.1 Å². The number of rotatable bonds is 6. The number of nitrogens with zero attached hydrogens (tertiary/aromatic N) is 4. The molecule has 0 aromatic carbocycles. The van der Waals surface area contributed by atoms with Gasteiger partial charge in [-0.1, -0.05) is 0 Å². The second-order valence-electron chi connectivity index (χ2n) is 7.09. The molecule has 0 spiro atoms. The van der Waals surface area contributed by atoms with Crippen molar-refractivity contribution < 1.29 is 19.4 Å². The first-order valence-electron chi connectivity index (χ1n) is 9.43. The molecule has 1 atom stereocenters. The highest BCUT2D eigenvalue weighted by Crippen LogP contribution is 2.09. The molecule has 1 unspecified atom stereocenters. The van der Waals surface area contributed by atoms with Gasteiger partial charge >= 0.3 is 5.97 Å². The van der Waals surface area contributed by atoms with Crippen molar-refractivity contribution in [2.24, 2.45) is 0 Å². The van der Waals surface area contributed by atoms with Gasteiger partial charge in [0.05, 0.1) is 22.5 Å². The fraction of sp³-hybridized carbons (Fsp3) is 0.238. The minimum absolute atomic E-state index is 0.0488. The van der Waals surface area contributed by atoms with E-state index in [4.69, 9.17) is 4.74 Å². The Bertz CT molecular complexity index is 1150.